The number of nitrogens with zero attached hydrogens (tertiary/aromatic N) is 2. The minimum atomic E-state index is -0.494. The molecule has 0 N–H and O–H groups in total. The number of ketones is 1. The van der Waals surface area contributed by atoms with Crippen LogP contribution in [-0.2, 0) is 6.61 Å². The lowest BCUT2D eigenvalue weighted by atomic mass is 9.90. The van der Waals surface area contributed by atoms with Gasteiger partial charge in [-0.25, -0.2) is 4.39 Å². The summed E-state index contributed by atoms with van der Waals surface area (Å²) in [7, 11) is 0. The Morgan fingerprint density at radius 2 is 1.51 bits per heavy atom. The van der Waals surface area contributed by atoms with Gasteiger partial charge in [0.05, 0.1) is 0 Å². The molecule has 0 bridgehead atoms. The number of thiophene rings is 1. The number of carbonyl (C=O) groups excluding carboxylic acids is 1. The van der Waals surface area contributed by atoms with E-state index < -0.39 is 5.82 Å². The third kappa shape index (κ3) is 8.45. The Kier molecular flexibility index (Phi) is 11.4. The van der Waals surface area contributed by atoms with Crippen LogP contribution in [0.4, 0.5) is 4.39 Å². The second-order valence-corrected chi connectivity index (χ2v) is 15.8. The normalized spacial score (nSPS) is 19.7. The van der Waals surface area contributed by atoms with Crippen molar-refractivity contribution in [3.05, 3.63) is 114 Å². The Hall–Kier alpha value is -4.24. The average molecular weight is 733 g/mol. The van der Waals surface area contributed by atoms with Crippen molar-refractivity contribution >= 4 is 27.2 Å². The van der Waals surface area contributed by atoms with E-state index in [1.165, 1.54) is 44.6 Å². The molecule has 3 aliphatic rings. The van der Waals surface area contributed by atoms with Crippen LogP contribution < -0.4 is 14.2 Å². The molecule has 3 heterocycles. The first-order valence-electron chi connectivity index (χ1n) is 19.5. The zero-order chi connectivity index (χ0) is 36.0. The number of benzene rings is 4. The second kappa shape index (κ2) is 16.8. The molecule has 276 valence electrons. The zero-order valence-corrected chi connectivity index (χ0v) is 31.3. The number of hydrogen-bond acceptors (Lipinski definition) is 7. The third-order valence-corrected chi connectivity index (χ3v) is 12.3. The standard InChI is InChI=1S/C45H49FN2O4S/c46-38-29-34(17-22-40(38)52-41-14-6-5-13-39(41)48-25-7-2-8-26-48)44(49)43-37-21-20-36(51-31-32-11-3-1-4-12-32)30-42(37)53-45(43)33-15-18-35(19-16-33)50-28-27-47-23-9-10-24-47/h1,3-4,11-12,15-22,29-30,39,41H,2,5-10,13-14,23-28,31H2. The highest BCUT2D eigenvalue weighted by Gasteiger charge is 2.33. The average Bonchev–Trinajstić information content (AvgIpc) is 3.87. The van der Waals surface area contributed by atoms with Gasteiger partial charge in [0.25, 0.3) is 0 Å². The van der Waals surface area contributed by atoms with Crippen LogP contribution in [0.15, 0.2) is 91.0 Å². The van der Waals surface area contributed by atoms with Crippen molar-refractivity contribution in [2.75, 3.05) is 39.3 Å². The SMILES string of the molecule is O=C(c1ccc(OC2CCCCC2N2CCCCC2)c(F)c1)c1c(-c2ccc(OCCN3CCCC3)cc2)sc2cc(OCc3ccccc3)ccc12. The fraction of sp³-hybridized carbons (Fsp3) is 0.400. The molecule has 53 heavy (non-hydrogen) atoms. The Balaban J connectivity index is 1.05. The van der Waals surface area contributed by atoms with Crippen molar-refractivity contribution < 1.29 is 23.4 Å². The number of likely N-dealkylation sites (tertiary alicyclic amines) is 2. The van der Waals surface area contributed by atoms with Crippen molar-refractivity contribution in [3.8, 4) is 27.7 Å². The van der Waals surface area contributed by atoms with Gasteiger partial charge in [-0.3, -0.25) is 14.6 Å². The molecule has 2 saturated heterocycles. The quantitative estimate of drug-likeness (QED) is 0.112. The monoisotopic (exact) mass is 732 g/mol. The van der Waals surface area contributed by atoms with Gasteiger partial charge >= 0.3 is 0 Å². The van der Waals surface area contributed by atoms with Crippen LogP contribution in [0.25, 0.3) is 20.5 Å². The second-order valence-electron chi connectivity index (χ2n) is 14.7. The summed E-state index contributed by atoms with van der Waals surface area (Å²) in [6.45, 7) is 6.48. The summed E-state index contributed by atoms with van der Waals surface area (Å²) in [6, 6.07) is 29.0. The molecule has 2 aliphatic heterocycles. The lowest BCUT2D eigenvalue weighted by Crippen LogP contribution is -2.49. The van der Waals surface area contributed by atoms with Gasteiger partial charge in [-0.1, -0.05) is 43.2 Å². The molecular formula is C45H49FN2O4S. The molecule has 2 atom stereocenters. The molecule has 2 unspecified atom stereocenters. The summed E-state index contributed by atoms with van der Waals surface area (Å²) in [4.78, 5) is 20.3. The molecule has 1 saturated carbocycles. The van der Waals surface area contributed by atoms with Gasteiger partial charge in [0.15, 0.2) is 17.3 Å². The van der Waals surface area contributed by atoms with E-state index >= 15 is 4.39 Å². The number of halogens is 1. The van der Waals surface area contributed by atoms with Gasteiger partial charge in [-0.15, -0.1) is 11.3 Å². The van der Waals surface area contributed by atoms with Gasteiger partial charge < -0.3 is 14.2 Å². The van der Waals surface area contributed by atoms with E-state index in [-0.39, 0.29) is 17.6 Å². The minimum absolute atomic E-state index is 0.0456. The number of carbonyl (C=O) groups is 1. The van der Waals surface area contributed by atoms with Crippen molar-refractivity contribution in [2.24, 2.45) is 0 Å². The van der Waals surface area contributed by atoms with Gasteiger partial charge in [0.2, 0.25) is 0 Å². The molecule has 8 rings (SSSR count). The van der Waals surface area contributed by atoms with Crippen LogP contribution in [0.3, 0.4) is 0 Å². The Morgan fingerprint density at radius 3 is 2.30 bits per heavy atom. The first-order valence-corrected chi connectivity index (χ1v) is 20.3. The summed E-state index contributed by atoms with van der Waals surface area (Å²) in [6.07, 6.45) is 10.5. The largest absolute Gasteiger partial charge is 0.492 e. The van der Waals surface area contributed by atoms with Crippen molar-refractivity contribution in [1.29, 1.82) is 0 Å². The van der Waals surface area contributed by atoms with E-state index in [0.717, 1.165) is 89.6 Å². The molecule has 0 spiro atoms. The molecule has 5 aromatic rings. The van der Waals surface area contributed by atoms with Crippen LogP contribution in [0.2, 0.25) is 0 Å². The maximum Gasteiger partial charge on any atom is 0.195 e. The zero-order valence-electron chi connectivity index (χ0n) is 30.4. The van der Waals surface area contributed by atoms with Gasteiger partial charge in [0.1, 0.15) is 30.8 Å². The molecule has 0 radical (unpaired) electrons. The smallest absolute Gasteiger partial charge is 0.195 e. The first kappa shape index (κ1) is 35.8. The minimum Gasteiger partial charge on any atom is -0.492 e. The first-order chi connectivity index (χ1) is 26.1. The predicted octanol–water partition coefficient (Wildman–Crippen LogP) is 10.2. The highest BCUT2D eigenvalue weighted by Crippen LogP contribution is 2.42. The fourth-order valence-electron chi connectivity index (χ4n) is 8.27. The third-order valence-electron chi connectivity index (χ3n) is 11.1. The molecule has 4 aromatic carbocycles. The molecule has 1 aromatic heterocycles. The van der Waals surface area contributed by atoms with Crippen LogP contribution in [0.5, 0.6) is 17.2 Å². The molecule has 8 heteroatoms. The van der Waals surface area contributed by atoms with Crippen LogP contribution in [-0.4, -0.2) is 67.1 Å². The fourth-order valence-corrected chi connectivity index (χ4v) is 9.50. The molecule has 6 nitrogen and oxygen atoms in total. The summed E-state index contributed by atoms with van der Waals surface area (Å²) in [5, 5.41) is 0.820. The summed E-state index contributed by atoms with van der Waals surface area (Å²) >= 11 is 1.55. The predicted molar refractivity (Wildman–Crippen MR) is 211 cm³/mol. The summed E-state index contributed by atoms with van der Waals surface area (Å²) in [5.74, 6) is 1.05. The molecule has 1 aliphatic carbocycles. The number of rotatable bonds is 13. The lowest BCUT2D eigenvalue weighted by molar-refractivity contribution is 0.0242. The van der Waals surface area contributed by atoms with Crippen molar-refractivity contribution in [2.45, 2.75) is 76.5 Å². The summed E-state index contributed by atoms with van der Waals surface area (Å²) < 4.78 is 35.5. The van der Waals surface area contributed by atoms with E-state index in [4.69, 9.17) is 14.2 Å². The number of fused-ring (bicyclic) bond motifs is 1. The molecule has 0 amide bonds. The van der Waals surface area contributed by atoms with E-state index in [1.807, 2.05) is 72.8 Å². The Bertz CT molecular complexity index is 1990. The number of hydrogen-bond donors (Lipinski definition) is 0. The van der Waals surface area contributed by atoms with Crippen LogP contribution >= 0.6 is 11.3 Å². The lowest BCUT2D eigenvalue weighted by Gasteiger charge is -2.41. The van der Waals surface area contributed by atoms with Crippen molar-refractivity contribution in [3.63, 3.8) is 0 Å². The highest BCUT2D eigenvalue weighted by molar-refractivity contribution is 7.22. The van der Waals surface area contributed by atoms with E-state index in [9.17, 15) is 4.79 Å². The Labute approximate surface area is 316 Å². The van der Waals surface area contributed by atoms with E-state index in [1.54, 1.807) is 23.5 Å². The van der Waals surface area contributed by atoms with E-state index in [2.05, 4.69) is 9.80 Å². The Morgan fingerprint density at radius 1 is 0.755 bits per heavy atom. The number of piperidine rings is 1. The van der Waals surface area contributed by atoms with Gasteiger partial charge in [-0.05, 0) is 143 Å². The topological polar surface area (TPSA) is 51.2 Å². The highest BCUT2D eigenvalue weighted by atomic mass is 32.1. The molecular weight excluding hydrogens is 684 g/mol. The maximum atomic E-state index is 15.9. The van der Waals surface area contributed by atoms with Crippen molar-refractivity contribution in [1.82, 2.24) is 9.80 Å². The van der Waals surface area contributed by atoms with E-state index in [0.29, 0.717) is 30.4 Å². The van der Waals surface area contributed by atoms with Gasteiger partial charge in [0, 0.05) is 38.7 Å². The van der Waals surface area contributed by atoms with Crippen LogP contribution in [0, 0.1) is 5.82 Å². The number of ether oxygens (including phenoxy) is 3. The maximum absolute atomic E-state index is 15.9. The van der Waals surface area contributed by atoms with Gasteiger partial charge in [-0.2, -0.15) is 0 Å². The van der Waals surface area contributed by atoms with Crippen LogP contribution in [0.1, 0.15) is 79.3 Å². The summed E-state index contributed by atoms with van der Waals surface area (Å²) in [5.41, 5.74) is 2.86. The molecule has 3 fully saturated rings.